The number of thiazole rings is 1. The number of nitrogens with zero attached hydrogens (tertiary/aromatic N) is 1. The first-order valence-corrected chi connectivity index (χ1v) is 6.88. The van der Waals surface area contributed by atoms with Gasteiger partial charge in [-0.15, -0.1) is 11.3 Å². The topological polar surface area (TPSA) is 68.0 Å². The molecule has 1 atom stereocenters. The van der Waals surface area contributed by atoms with Crippen LogP contribution in [0.4, 0.5) is 28.4 Å². The SMILES string of the molecule is CC(F)(C(N)=O)c1cccc(Nc2nc(C(F)(F)F)cs2)c1. The second kappa shape index (κ2) is 5.56. The summed E-state index contributed by atoms with van der Waals surface area (Å²) >= 11 is 0.763. The van der Waals surface area contributed by atoms with Crippen molar-refractivity contribution in [3.8, 4) is 0 Å². The molecule has 0 fully saturated rings. The maximum Gasteiger partial charge on any atom is 0.434 e. The van der Waals surface area contributed by atoms with Crippen molar-refractivity contribution < 1.29 is 22.4 Å². The van der Waals surface area contributed by atoms with E-state index in [9.17, 15) is 22.4 Å². The van der Waals surface area contributed by atoms with Crippen molar-refractivity contribution >= 4 is 28.1 Å². The third-order valence-electron chi connectivity index (χ3n) is 2.91. The van der Waals surface area contributed by atoms with Crippen LogP contribution in [0.1, 0.15) is 18.2 Å². The number of hydrogen-bond donors (Lipinski definition) is 2. The highest BCUT2D eigenvalue weighted by Gasteiger charge is 2.34. The summed E-state index contributed by atoms with van der Waals surface area (Å²) in [5.41, 5.74) is 1.89. The molecule has 0 aliphatic heterocycles. The van der Waals surface area contributed by atoms with Crippen LogP contribution >= 0.6 is 11.3 Å². The zero-order valence-corrected chi connectivity index (χ0v) is 12.1. The second-order valence-electron chi connectivity index (χ2n) is 4.61. The molecular formula is C13H11F4N3OS. The van der Waals surface area contributed by atoms with Crippen LogP contribution in [-0.2, 0) is 16.6 Å². The lowest BCUT2D eigenvalue weighted by Crippen LogP contribution is -2.34. The van der Waals surface area contributed by atoms with Gasteiger partial charge < -0.3 is 11.1 Å². The van der Waals surface area contributed by atoms with Crippen LogP contribution < -0.4 is 11.1 Å². The zero-order chi connectivity index (χ0) is 16.5. The van der Waals surface area contributed by atoms with Gasteiger partial charge in [0.05, 0.1) is 0 Å². The Bertz CT molecular complexity index is 697. The van der Waals surface area contributed by atoms with Gasteiger partial charge >= 0.3 is 6.18 Å². The van der Waals surface area contributed by atoms with Crippen LogP contribution in [-0.4, -0.2) is 10.9 Å². The number of benzene rings is 1. The van der Waals surface area contributed by atoms with Crippen molar-refractivity contribution in [2.24, 2.45) is 5.73 Å². The molecule has 1 heterocycles. The van der Waals surface area contributed by atoms with Gasteiger partial charge in [0.25, 0.3) is 5.91 Å². The molecule has 118 valence electrons. The van der Waals surface area contributed by atoms with Crippen molar-refractivity contribution in [3.05, 3.63) is 40.9 Å². The van der Waals surface area contributed by atoms with Crippen LogP contribution in [0, 0.1) is 0 Å². The van der Waals surface area contributed by atoms with Crippen molar-refractivity contribution in [3.63, 3.8) is 0 Å². The van der Waals surface area contributed by atoms with Crippen LogP contribution in [0.5, 0.6) is 0 Å². The summed E-state index contributed by atoms with van der Waals surface area (Å²) in [5, 5.41) is 3.51. The quantitative estimate of drug-likeness (QED) is 0.841. The fourth-order valence-electron chi connectivity index (χ4n) is 1.62. The summed E-state index contributed by atoms with van der Waals surface area (Å²) in [6.07, 6.45) is -4.53. The predicted octanol–water partition coefficient (Wildman–Crippen LogP) is 3.58. The first-order valence-electron chi connectivity index (χ1n) is 6.00. The Morgan fingerprint density at radius 1 is 1.32 bits per heavy atom. The fourth-order valence-corrected chi connectivity index (χ4v) is 2.35. The number of rotatable bonds is 4. The smallest absolute Gasteiger partial charge is 0.367 e. The molecule has 0 aliphatic carbocycles. The molecular weight excluding hydrogens is 322 g/mol. The predicted molar refractivity (Wildman–Crippen MR) is 74.5 cm³/mol. The van der Waals surface area contributed by atoms with Gasteiger partial charge in [0.2, 0.25) is 5.67 Å². The molecule has 0 spiro atoms. The summed E-state index contributed by atoms with van der Waals surface area (Å²) in [6, 6.07) is 5.62. The van der Waals surface area contributed by atoms with Crippen LogP contribution in [0.25, 0.3) is 0 Å². The average Bonchev–Trinajstić information content (AvgIpc) is 2.87. The molecule has 0 saturated carbocycles. The van der Waals surface area contributed by atoms with Crippen LogP contribution in [0.2, 0.25) is 0 Å². The largest absolute Gasteiger partial charge is 0.434 e. The molecule has 9 heteroatoms. The lowest BCUT2D eigenvalue weighted by Gasteiger charge is -2.17. The van der Waals surface area contributed by atoms with E-state index in [2.05, 4.69) is 10.3 Å². The number of primary amides is 1. The molecule has 4 nitrogen and oxygen atoms in total. The summed E-state index contributed by atoms with van der Waals surface area (Å²) in [4.78, 5) is 14.5. The molecule has 1 unspecified atom stereocenters. The van der Waals surface area contributed by atoms with E-state index in [1.807, 2.05) is 0 Å². The third-order valence-corrected chi connectivity index (χ3v) is 3.67. The number of nitrogens with two attached hydrogens (primary N) is 1. The van der Waals surface area contributed by atoms with Crippen molar-refractivity contribution in [1.82, 2.24) is 4.98 Å². The van der Waals surface area contributed by atoms with E-state index in [4.69, 9.17) is 5.73 Å². The summed E-state index contributed by atoms with van der Waals surface area (Å²) in [7, 11) is 0. The monoisotopic (exact) mass is 333 g/mol. The van der Waals surface area contributed by atoms with E-state index >= 15 is 0 Å². The highest BCUT2D eigenvalue weighted by Crippen LogP contribution is 2.33. The lowest BCUT2D eigenvalue weighted by molar-refractivity contribution is -0.140. The molecule has 22 heavy (non-hydrogen) atoms. The zero-order valence-electron chi connectivity index (χ0n) is 11.2. The summed E-state index contributed by atoms with van der Waals surface area (Å²) < 4.78 is 51.6. The Morgan fingerprint density at radius 2 is 2.00 bits per heavy atom. The van der Waals surface area contributed by atoms with Gasteiger partial charge in [-0.3, -0.25) is 4.79 Å². The minimum Gasteiger partial charge on any atom is -0.367 e. The van der Waals surface area contributed by atoms with E-state index in [0.29, 0.717) is 5.69 Å². The van der Waals surface area contributed by atoms with Gasteiger partial charge in [-0.25, -0.2) is 9.37 Å². The second-order valence-corrected chi connectivity index (χ2v) is 5.47. The highest BCUT2D eigenvalue weighted by atomic mass is 32.1. The first-order chi connectivity index (χ1) is 10.1. The van der Waals surface area contributed by atoms with E-state index in [-0.39, 0.29) is 10.7 Å². The van der Waals surface area contributed by atoms with Crippen LogP contribution in [0.3, 0.4) is 0 Å². The molecule has 0 bridgehead atoms. The number of halogens is 4. The molecule has 2 aromatic rings. The minimum atomic E-state index is -4.53. The minimum absolute atomic E-state index is 0.00222. The molecule has 0 aliphatic rings. The van der Waals surface area contributed by atoms with Gasteiger partial charge in [0.15, 0.2) is 10.8 Å². The Morgan fingerprint density at radius 3 is 2.55 bits per heavy atom. The molecule has 1 amide bonds. The van der Waals surface area contributed by atoms with E-state index in [0.717, 1.165) is 23.6 Å². The molecule has 2 rings (SSSR count). The van der Waals surface area contributed by atoms with Gasteiger partial charge in [-0.2, -0.15) is 13.2 Å². The van der Waals surface area contributed by atoms with Crippen LogP contribution in [0.15, 0.2) is 29.6 Å². The number of nitrogens with one attached hydrogen (secondary N) is 1. The maximum absolute atomic E-state index is 14.2. The highest BCUT2D eigenvalue weighted by molar-refractivity contribution is 7.13. The Labute approximate surface area is 127 Å². The van der Waals surface area contributed by atoms with Gasteiger partial charge in [0, 0.05) is 16.6 Å². The molecule has 1 aromatic carbocycles. The van der Waals surface area contributed by atoms with E-state index in [1.165, 1.54) is 24.3 Å². The van der Waals surface area contributed by atoms with Gasteiger partial charge in [0.1, 0.15) is 0 Å². The normalized spacial score (nSPS) is 14.4. The van der Waals surface area contributed by atoms with Crippen molar-refractivity contribution in [1.29, 1.82) is 0 Å². The third kappa shape index (κ3) is 3.35. The number of amides is 1. The number of carbonyl (C=O) groups is 1. The molecule has 0 saturated heterocycles. The Balaban J connectivity index is 2.24. The summed E-state index contributed by atoms with van der Waals surface area (Å²) in [6.45, 7) is 1.01. The molecule has 0 radical (unpaired) electrons. The molecule has 3 N–H and O–H groups in total. The van der Waals surface area contributed by atoms with Crippen molar-refractivity contribution in [2.45, 2.75) is 18.8 Å². The summed E-state index contributed by atoms with van der Waals surface area (Å²) in [5.74, 6) is -1.15. The maximum atomic E-state index is 14.2. The average molecular weight is 333 g/mol. The fraction of sp³-hybridized carbons (Fsp3) is 0.231. The molecule has 1 aromatic heterocycles. The number of aromatic nitrogens is 1. The standard InChI is InChI=1S/C13H11F4N3OS/c1-12(14,10(18)21)7-3-2-4-8(5-7)19-11-20-9(6-22-11)13(15,16)17/h2-6H,1H3,(H2,18,21)(H,19,20). The number of hydrogen-bond acceptors (Lipinski definition) is 4. The first kappa shape index (κ1) is 16.2. The number of alkyl halides is 4. The number of anilines is 2. The van der Waals surface area contributed by atoms with E-state index in [1.54, 1.807) is 0 Å². The Kier molecular flexibility index (Phi) is 4.10. The lowest BCUT2D eigenvalue weighted by atomic mass is 9.97. The van der Waals surface area contributed by atoms with Gasteiger partial charge in [-0.1, -0.05) is 12.1 Å². The van der Waals surface area contributed by atoms with E-state index < -0.39 is 23.4 Å². The van der Waals surface area contributed by atoms with Crippen molar-refractivity contribution in [2.75, 3.05) is 5.32 Å². The number of carbonyl (C=O) groups excluding carboxylic acids is 1. The van der Waals surface area contributed by atoms with Gasteiger partial charge in [-0.05, 0) is 19.1 Å². The Hall–Kier alpha value is -2.16.